The maximum atomic E-state index is 14.5. The molecule has 4 aliphatic rings. The first-order chi connectivity index (χ1) is 32.3. The van der Waals surface area contributed by atoms with E-state index >= 15 is 0 Å². The standard InChI is InChI=1S/C48H91N5O12S.CH2O2/c1-14-36-48(10,59)40(55)33(6)53(23-18-19-49-45(66)50-20-24-52-21-16-15-17-22-52)28-29(2)26-46(8,58)42(65-44-38(54)35(51(11)12)25-30(3)61-44)31(4)39(32(5)43(57)63-36)64-37-27-47(9,60-13)41(56)34(7)62-37;2-1-3/h29-42,44,54-56,58-59H,14-28H2,1-13H3,(H2,49,50,66);1H,(H,2,3)/t29-,30-,31+,32-,33-,34+,35+,36-,37+,38-,39+,40-,41+,42-,44+,46-,47-,48-;/m1./s1. The topological polar surface area (TPSA) is 245 Å². The minimum absolute atomic E-state index is 0.119. The number of aliphatic hydroxyl groups excluding tert-OH is 3. The molecule has 0 amide bonds. The van der Waals surface area contributed by atoms with E-state index < -0.39 is 96.0 Å². The molecule has 4 heterocycles. The van der Waals surface area contributed by atoms with Crippen LogP contribution in [0.5, 0.6) is 0 Å². The number of aliphatic hydroxyl groups is 5. The summed E-state index contributed by atoms with van der Waals surface area (Å²) in [5.41, 5.74) is -4.52. The zero-order valence-corrected chi connectivity index (χ0v) is 44.9. The van der Waals surface area contributed by atoms with Gasteiger partial charge in [0, 0.05) is 64.3 Å². The van der Waals surface area contributed by atoms with Crippen molar-refractivity contribution in [1.29, 1.82) is 0 Å². The Labute approximate surface area is 418 Å². The number of nitrogens with zero attached hydrogens (tertiary/aromatic N) is 3. The van der Waals surface area contributed by atoms with Crippen LogP contribution in [0.4, 0.5) is 0 Å². The lowest BCUT2D eigenvalue weighted by Gasteiger charge is -2.48. The molecule has 4 fully saturated rings. The van der Waals surface area contributed by atoms with Crippen LogP contribution in [0.15, 0.2) is 0 Å². The van der Waals surface area contributed by atoms with E-state index in [9.17, 15) is 30.3 Å². The highest BCUT2D eigenvalue weighted by Gasteiger charge is 2.53. The van der Waals surface area contributed by atoms with Gasteiger partial charge in [0.2, 0.25) is 0 Å². The molecule has 0 aromatic rings. The fourth-order valence-corrected chi connectivity index (χ4v) is 11.2. The van der Waals surface area contributed by atoms with Crippen molar-refractivity contribution >= 4 is 29.8 Å². The molecule has 0 unspecified atom stereocenters. The number of rotatable bonds is 14. The summed E-state index contributed by atoms with van der Waals surface area (Å²) in [6.07, 6.45) is -4.18. The van der Waals surface area contributed by atoms with Crippen molar-refractivity contribution in [3.05, 3.63) is 0 Å². The Morgan fingerprint density at radius 2 is 1.55 bits per heavy atom. The number of hydrogen-bond donors (Lipinski definition) is 8. The predicted octanol–water partition coefficient (Wildman–Crippen LogP) is 2.31. The molecule has 4 saturated heterocycles. The molecule has 0 aromatic carbocycles. The van der Waals surface area contributed by atoms with Crippen LogP contribution in [-0.2, 0) is 38.0 Å². The second-order valence-corrected chi connectivity index (χ2v) is 21.7. The van der Waals surface area contributed by atoms with Crippen LogP contribution < -0.4 is 10.6 Å². The predicted molar refractivity (Wildman–Crippen MR) is 265 cm³/mol. The number of esters is 1. The highest BCUT2D eigenvalue weighted by molar-refractivity contribution is 7.80. The van der Waals surface area contributed by atoms with Crippen LogP contribution in [0.1, 0.15) is 121 Å². The molecule has 19 nitrogen and oxygen atoms in total. The van der Waals surface area contributed by atoms with E-state index in [1.165, 1.54) is 33.3 Å². The average molecular weight is 1010 g/mol. The number of carbonyl (C=O) groups is 2. The lowest BCUT2D eigenvalue weighted by Crippen LogP contribution is -2.60. The zero-order chi connectivity index (χ0) is 52.0. The summed E-state index contributed by atoms with van der Waals surface area (Å²) in [6, 6.07) is -0.902. The number of piperidine rings is 1. The van der Waals surface area contributed by atoms with Gasteiger partial charge in [-0.1, -0.05) is 27.2 Å². The number of nitrogens with one attached hydrogen (secondary N) is 2. The second kappa shape index (κ2) is 28.0. The summed E-state index contributed by atoms with van der Waals surface area (Å²) in [5.74, 6) is -2.72. The van der Waals surface area contributed by atoms with Gasteiger partial charge in [0.05, 0.1) is 41.5 Å². The number of ether oxygens (including phenoxy) is 6. The molecule has 0 aliphatic carbocycles. The summed E-state index contributed by atoms with van der Waals surface area (Å²) in [4.78, 5) is 29.4. The third-order valence-electron chi connectivity index (χ3n) is 15.1. The maximum Gasteiger partial charge on any atom is 0.311 e. The molecule has 0 bridgehead atoms. The number of likely N-dealkylation sites (N-methyl/N-ethyl adjacent to an activating group) is 1. The monoisotopic (exact) mass is 1010 g/mol. The second-order valence-electron chi connectivity index (χ2n) is 21.3. The molecular formula is C49H93N5O14S. The molecule has 20 heteroatoms. The lowest BCUT2D eigenvalue weighted by molar-refractivity contribution is -0.318. The number of carboxylic acid groups (broad SMARTS) is 1. The van der Waals surface area contributed by atoms with Crippen LogP contribution in [-0.4, -0.2) is 220 Å². The number of likely N-dealkylation sites (tertiary alicyclic amines) is 1. The van der Waals surface area contributed by atoms with E-state index in [1.54, 1.807) is 34.6 Å². The Morgan fingerprint density at radius 3 is 2.14 bits per heavy atom. The van der Waals surface area contributed by atoms with Crippen LogP contribution in [0, 0.1) is 17.8 Å². The molecule has 0 radical (unpaired) electrons. The van der Waals surface area contributed by atoms with Gasteiger partial charge >= 0.3 is 5.97 Å². The van der Waals surface area contributed by atoms with Gasteiger partial charge in [-0.3, -0.25) is 14.5 Å². The van der Waals surface area contributed by atoms with Gasteiger partial charge < -0.3 is 79.5 Å². The van der Waals surface area contributed by atoms with Crippen molar-refractivity contribution in [2.45, 2.75) is 211 Å². The Kier molecular flexibility index (Phi) is 24.9. The molecule has 18 atom stereocenters. The largest absolute Gasteiger partial charge is 0.483 e. The van der Waals surface area contributed by atoms with Crippen LogP contribution >= 0.6 is 12.2 Å². The molecule has 404 valence electrons. The highest BCUT2D eigenvalue weighted by atomic mass is 32.1. The van der Waals surface area contributed by atoms with Gasteiger partial charge in [0.15, 0.2) is 17.7 Å². The van der Waals surface area contributed by atoms with Crippen molar-refractivity contribution in [3.8, 4) is 0 Å². The van der Waals surface area contributed by atoms with Crippen LogP contribution in [0.25, 0.3) is 0 Å². The maximum absolute atomic E-state index is 14.5. The van der Waals surface area contributed by atoms with E-state index in [0.717, 1.165) is 26.2 Å². The van der Waals surface area contributed by atoms with Crippen LogP contribution in [0.2, 0.25) is 0 Å². The third kappa shape index (κ3) is 17.1. The van der Waals surface area contributed by atoms with Crippen molar-refractivity contribution in [1.82, 2.24) is 25.3 Å². The lowest BCUT2D eigenvalue weighted by atomic mass is 9.77. The fraction of sp³-hybridized carbons (Fsp3) is 0.939. The molecule has 4 aliphatic heterocycles. The number of cyclic esters (lactones) is 1. The first-order valence-corrected chi connectivity index (χ1v) is 25.8. The Hall–Kier alpha value is -1.89. The quantitative estimate of drug-likeness (QED) is 0.0539. The number of thiocarbonyl (C=S) groups is 1. The van der Waals surface area contributed by atoms with Gasteiger partial charge in [-0.2, -0.15) is 0 Å². The average Bonchev–Trinajstić information content (AvgIpc) is 3.29. The minimum atomic E-state index is -1.87. The number of hydrogen-bond acceptors (Lipinski definition) is 17. The summed E-state index contributed by atoms with van der Waals surface area (Å²) < 4.78 is 38.2. The van der Waals surface area contributed by atoms with Gasteiger partial charge in [-0.05, 0) is 132 Å². The molecule has 8 N–H and O–H groups in total. The molecule has 0 aromatic heterocycles. The fourth-order valence-electron chi connectivity index (χ4n) is 11.0. The summed E-state index contributed by atoms with van der Waals surface area (Å²) >= 11 is 5.61. The normalized spacial score (nSPS) is 41.4. The van der Waals surface area contributed by atoms with Crippen LogP contribution in [0.3, 0.4) is 0 Å². The van der Waals surface area contributed by atoms with E-state index in [2.05, 4.69) is 20.4 Å². The number of carbonyl (C=O) groups excluding carboxylic acids is 1. The van der Waals surface area contributed by atoms with Crippen molar-refractivity contribution in [2.75, 3.05) is 67.0 Å². The van der Waals surface area contributed by atoms with E-state index in [4.69, 9.17) is 50.5 Å². The molecule has 0 spiro atoms. The summed E-state index contributed by atoms with van der Waals surface area (Å²) in [7, 11) is 5.30. The van der Waals surface area contributed by atoms with E-state index in [1.807, 2.05) is 46.7 Å². The first-order valence-electron chi connectivity index (χ1n) is 25.4. The summed E-state index contributed by atoms with van der Waals surface area (Å²) in [5, 5.41) is 74.1. The van der Waals surface area contributed by atoms with Gasteiger partial charge in [-0.25, -0.2) is 0 Å². The van der Waals surface area contributed by atoms with Crippen molar-refractivity contribution in [2.24, 2.45) is 17.8 Å². The third-order valence-corrected chi connectivity index (χ3v) is 15.4. The van der Waals surface area contributed by atoms with Crippen molar-refractivity contribution in [3.63, 3.8) is 0 Å². The Balaban J connectivity index is 0.00000409. The van der Waals surface area contributed by atoms with E-state index in [-0.39, 0.29) is 43.8 Å². The zero-order valence-electron chi connectivity index (χ0n) is 44.0. The van der Waals surface area contributed by atoms with E-state index in [0.29, 0.717) is 37.6 Å². The summed E-state index contributed by atoms with van der Waals surface area (Å²) in [6.45, 7) is 23.0. The van der Waals surface area contributed by atoms with Gasteiger partial charge in [-0.15, -0.1) is 0 Å². The minimum Gasteiger partial charge on any atom is -0.483 e. The molecule has 4 rings (SSSR count). The van der Waals surface area contributed by atoms with Crippen molar-refractivity contribution < 1.29 is 68.6 Å². The molecule has 69 heavy (non-hydrogen) atoms. The van der Waals surface area contributed by atoms with Gasteiger partial charge in [0.25, 0.3) is 6.47 Å². The Morgan fingerprint density at radius 1 is 0.928 bits per heavy atom. The smallest absolute Gasteiger partial charge is 0.311 e. The molecule has 0 saturated carbocycles. The first kappa shape index (κ1) is 61.4. The SMILES string of the molecule is CC[C@H]1OC(=O)[C@H](C)[C@@H](O[C@H]2C[C@@](C)(OC)[C@@H](O)[C@H](C)O2)[C@H](C)[C@@H](O[C@@H]2O[C@H](C)C[C@H](N(C)C)[C@H]2O)[C@](C)(O)C[C@@H](C)CN(CCCNC(=S)NCCN2CCCCC2)[C@H](C)[C@@H](O)[C@]1(C)O.O=CO. The Bertz CT molecular complexity index is 1550. The highest BCUT2D eigenvalue weighted by Crippen LogP contribution is 2.40. The molecular weight excluding hydrogens is 915 g/mol. The van der Waals surface area contributed by atoms with Gasteiger partial charge in [0.1, 0.15) is 30.0 Å². The number of methoxy groups -OCH3 is 1.